The van der Waals surface area contributed by atoms with E-state index < -0.39 is 0 Å². The number of fused-ring (bicyclic) bond motifs is 4. The number of rotatable bonds is 7. The van der Waals surface area contributed by atoms with E-state index in [-0.39, 0.29) is 11.3 Å². The van der Waals surface area contributed by atoms with Gasteiger partial charge in [0.25, 0.3) is 5.91 Å². The van der Waals surface area contributed by atoms with Gasteiger partial charge in [-0.25, -0.2) is 0 Å². The van der Waals surface area contributed by atoms with E-state index in [9.17, 15) is 4.79 Å². The first-order valence-electron chi connectivity index (χ1n) is 12.2. The van der Waals surface area contributed by atoms with Crippen molar-refractivity contribution < 1.29 is 4.79 Å². The molecule has 3 aliphatic rings. The number of nitrogens with zero attached hydrogens (tertiary/aromatic N) is 1. The van der Waals surface area contributed by atoms with E-state index in [1.807, 2.05) is 12.1 Å². The van der Waals surface area contributed by atoms with Crippen LogP contribution in [0.2, 0.25) is 0 Å². The third-order valence-electron chi connectivity index (χ3n) is 8.35. The molecule has 3 nitrogen and oxygen atoms in total. The van der Waals surface area contributed by atoms with Crippen LogP contribution in [0.4, 0.5) is 0 Å². The highest BCUT2D eigenvalue weighted by Crippen LogP contribution is 2.49. The fourth-order valence-electron chi connectivity index (χ4n) is 5.95. The minimum Gasteiger partial charge on any atom is -0.352 e. The molecule has 1 amide bonds. The molecule has 3 heteroatoms. The first-order valence-corrected chi connectivity index (χ1v) is 12.2. The predicted molar refractivity (Wildman–Crippen MR) is 126 cm³/mol. The monoisotopic (exact) mass is 416 g/mol. The molecule has 1 saturated carbocycles. The number of aryl methyl sites for hydroxylation is 1. The van der Waals surface area contributed by atoms with Crippen LogP contribution >= 0.6 is 0 Å². The Morgan fingerprint density at radius 1 is 1.16 bits per heavy atom. The zero-order chi connectivity index (χ0) is 21.4. The van der Waals surface area contributed by atoms with Crippen molar-refractivity contribution in [3.8, 4) is 0 Å². The molecular weight excluding hydrogens is 380 g/mol. The molecule has 0 unspecified atom stereocenters. The van der Waals surface area contributed by atoms with Gasteiger partial charge in [0, 0.05) is 24.7 Å². The number of hydrogen-bond acceptors (Lipinski definition) is 2. The van der Waals surface area contributed by atoms with Crippen LogP contribution in [-0.2, 0) is 18.3 Å². The summed E-state index contributed by atoms with van der Waals surface area (Å²) >= 11 is 0. The quantitative estimate of drug-likeness (QED) is 0.646. The number of carbonyl (C=O) groups excluding carboxylic acids is 1. The molecule has 1 N–H and O–H groups in total. The summed E-state index contributed by atoms with van der Waals surface area (Å²) in [6, 6.07) is 17.6. The normalized spacial score (nSPS) is 27.5. The Morgan fingerprint density at radius 3 is 2.74 bits per heavy atom. The summed E-state index contributed by atoms with van der Waals surface area (Å²) in [4.78, 5) is 15.6. The van der Waals surface area contributed by atoms with Gasteiger partial charge in [-0.2, -0.15) is 0 Å². The topological polar surface area (TPSA) is 32.3 Å². The van der Waals surface area contributed by atoms with Gasteiger partial charge < -0.3 is 5.32 Å². The first-order chi connectivity index (χ1) is 15.0. The second-order valence-corrected chi connectivity index (χ2v) is 10.4. The Hall–Kier alpha value is -2.13. The van der Waals surface area contributed by atoms with E-state index in [1.165, 1.54) is 49.0 Å². The van der Waals surface area contributed by atoms with Crippen LogP contribution in [0.15, 0.2) is 48.5 Å². The van der Waals surface area contributed by atoms with E-state index in [0.29, 0.717) is 12.0 Å². The predicted octanol–water partition coefficient (Wildman–Crippen LogP) is 4.98. The van der Waals surface area contributed by atoms with Crippen molar-refractivity contribution in [2.45, 2.75) is 63.8 Å². The molecule has 1 aliphatic heterocycles. The molecule has 2 aliphatic carbocycles. The van der Waals surface area contributed by atoms with Crippen molar-refractivity contribution in [3.05, 3.63) is 70.8 Å². The second kappa shape index (κ2) is 8.43. The highest BCUT2D eigenvalue weighted by Gasteiger charge is 2.49. The van der Waals surface area contributed by atoms with Crippen LogP contribution in [0, 0.1) is 11.8 Å². The van der Waals surface area contributed by atoms with Gasteiger partial charge in [-0.05, 0) is 91.1 Å². The number of amides is 1. The molecule has 164 valence electrons. The molecular formula is C28H36N2O. The minimum atomic E-state index is 0.0698. The second-order valence-electron chi connectivity index (χ2n) is 10.4. The summed E-state index contributed by atoms with van der Waals surface area (Å²) in [6.45, 7) is 8.11. The zero-order valence-electron chi connectivity index (χ0n) is 19.1. The van der Waals surface area contributed by atoms with E-state index in [0.717, 1.165) is 37.3 Å². The fraction of sp³-hybridized carbons (Fsp3) is 0.536. The molecule has 2 aromatic carbocycles. The Bertz CT molecular complexity index is 935. The molecule has 1 heterocycles. The van der Waals surface area contributed by atoms with E-state index in [2.05, 4.69) is 60.5 Å². The molecule has 0 aromatic heterocycles. The first kappa shape index (κ1) is 20.8. The van der Waals surface area contributed by atoms with Crippen LogP contribution in [0.5, 0.6) is 0 Å². The average Bonchev–Trinajstić information content (AvgIpc) is 3.60. The molecule has 3 atom stereocenters. The molecule has 1 saturated heterocycles. The number of nitrogens with one attached hydrogen (secondary N) is 1. The van der Waals surface area contributed by atoms with Gasteiger partial charge in [-0.15, -0.1) is 0 Å². The number of piperidine rings is 1. The Labute approximate surface area is 187 Å². The van der Waals surface area contributed by atoms with Crippen molar-refractivity contribution in [1.82, 2.24) is 10.2 Å². The lowest BCUT2D eigenvalue weighted by Gasteiger charge is -2.55. The van der Waals surface area contributed by atoms with Gasteiger partial charge in [0.05, 0.1) is 0 Å². The van der Waals surface area contributed by atoms with E-state index in [4.69, 9.17) is 0 Å². The summed E-state index contributed by atoms with van der Waals surface area (Å²) in [7, 11) is 0. The number of likely N-dealkylation sites (tertiary alicyclic amines) is 1. The maximum Gasteiger partial charge on any atom is 0.251 e. The van der Waals surface area contributed by atoms with Crippen molar-refractivity contribution in [1.29, 1.82) is 0 Å². The van der Waals surface area contributed by atoms with E-state index >= 15 is 0 Å². The molecule has 2 aromatic rings. The summed E-state index contributed by atoms with van der Waals surface area (Å²) in [6.07, 6.45) is 7.16. The Balaban J connectivity index is 1.25. The van der Waals surface area contributed by atoms with Crippen LogP contribution in [0.1, 0.15) is 66.6 Å². The Morgan fingerprint density at radius 2 is 1.97 bits per heavy atom. The third kappa shape index (κ3) is 4.17. The molecule has 0 radical (unpaired) electrons. The van der Waals surface area contributed by atoms with Crippen molar-refractivity contribution in [3.63, 3.8) is 0 Å². The van der Waals surface area contributed by atoms with Crippen molar-refractivity contribution >= 4 is 5.91 Å². The maximum atomic E-state index is 12.9. The average molecular weight is 417 g/mol. The summed E-state index contributed by atoms with van der Waals surface area (Å²) in [5, 5.41) is 3.14. The van der Waals surface area contributed by atoms with Crippen LogP contribution < -0.4 is 5.32 Å². The van der Waals surface area contributed by atoms with Gasteiger partial charge in [0.15, 0.2) is 0 Å². The molecule has 0 spiro atoms. The number of hydrogen-bond donors (Lipinski definition) is 1. The lowest BCUT2D eigenvalue weighted by atomic mass is 9.59. The van der Waals surface area contributed by atoms with Gasteiger partial charge in [0.1, 0.15) is 0 Å². The Kier molecular flexibility index (Phi) is 5.64. The molecule has 2 fully saturated rings. The summed E-state index contributed by atoms with van der Waals surface area (Å²) < 4.78 is 0. The molecule has 2 bridgehead atoms. The van der Waals surface area contributed by atoms with Crippen LogP contribution in [-0.4, -0.2) is 36.5 Å². The largest absolute Gasteiger partial charge is 0.352 e. The maximum absolute atomic E-state index is 12.9. The smallest absolute Gasteiger partial charge is 0.251 e. The lowest BCUT2D eigenvalue weighted by Crippen LogP contribution is -2.58. The van der Waals surface area contributed by atoms with Gasteiger partial charge in [0.2, 0.25) is 0 Å². The van der Waals surface area contributed by atoms with Crippen molar-refractivity contribution in [2.75, 3.05) is 19.6 Å². The van der Waals surface area contributed by atoms with Gasteiger partial charge in [-0.3, -0.25) is 9.69 Å². The van der Waals surface area contributed by atoms with E-state index in [1.54, 1.807) is 0 Å². The van der Waals surface area contributed by atoms with Crippen LogP contribution in [0.3, 0.4) is 0 Å². The number of benzene rings is 2. The summed E-state index contributed by atoms with van der Waals surface area (Å²) in [5.74, 6) is 1.66. The van der Waals surface area contributed by atoms with Gasteiger partial charge >= 0.3 is 0 Å². The number of carbonyl (C=O) groups is 1. The standard InChI is InChI=1S/C28H36N2O/c1-20-26-18-23-12-13-24(27(31)29-15-6-9-21-7-4-3-5-8-21)17-25(23)28(20,2)14-16-30(26)19-22-10-11-22/h3-5,7-8,12-13,17,20,22,26H,6,9-11,14-16,18-19H2,1-2H3,(H,29,31)/t20-,26-,28-/m0/s1. The van der Waals surface area contributed by atoms with Gasteiger partial charge in [-0.1, -0.05) is 50.2 Å². The highest BCUT2D eigenvalue weighted by molar-refractivity contribution is 5.94. The highest BCUT2D eigenvalue weighted by atomic mass is 16.1. The SMILES string of the molecule is C[C@H]1[C@@H]2Cc3ccc(C(=O)NCCCc4ccccc4)cc3[C@@]1(C)CCN2CC1CC1. The molecule has 5 rings (SSSR count). The summed E-state index contributed by atoms with van der Waals surface area (Å²) in [5.41, 5.74) is 5.23. The third-order valence-corrected chi connectivity index (χ3v) is 8.35. The van der Waals surface area contributed by atoms with Crippen LogP contribution in [0.25, 0.3) is 0 Å². The van der Waals surface area contributed by atoms with Crippen molar-refractivity contribution in [2.24, 2.45) is 11.8 Å². The molecule has 31 heavy (non-hydrogen) atoms. The fourth-order valence-corrected chi connectivity index (χ4v) is 5.95. The zero-order valence-corrected chi connectivity index (χ0v) is 19.1. The minimum absolute atomic E-state index is 0.0698. The lowest BCUT2D eigenvalue weighted by molar-refractivity contribution is 0.0284.